The van der Waals surface area contributed by atoms with Crippen LogP contribution in [-0.4, -0.2) is 11.7 Å². The van der Waals surface area contributed by atoms with Gasteiger partial charge in [0.2, 0.25) is 0 Å². The lowest BCUT2D eigenvalue weighted by atomic mass is 10.0. The predicted octanol–water partition coefficient (Wildman–Crippen LogP) is 2.35. The number of epoxide rings is 1. The molecule has 0 spiro atoms. The summed E-state index contributed by atoms with van der Waals surface area (Å²) in [5, 5.41) is 0. The maximum absolute atomic E-state index is 5.49. The average molecular weight is 128 g/mol. The minimum Gasteiger partial charge on any atom is -0.366 e. The van der Waals surface area contributed by atoms with Crippen LogP contribution in [0.5, 0.6) is 0 Å². The Bertz CT molecular complexity index is 98.7. The summed E-state index contributed by atoms with van der Waals surface area (Å²) in [6.07, 6.45) is 4.23. The zero-order chi connectivity index (χ0) is 6.91. The lowest BCUT2D eigenvalue weighted by molar-refractivity contribution is 0.300. The Morgan fingerprint density at radius 2 is 2.11 bits per heavy atom. The van der Waals surface area contributed by atoms with Gasteiger partial charge in [-0.3, -0.25) is 0 Å². The average Bonchev–Trinajstić information content (AvgIpc) is 2.46. The Kier molecular flexibility index (Phi) is 1.80. The summed E-state index contributed by atoms with van der Waals surface area (Å²) in [6.45, 7) is 6.60. The largest absolute Gasteiger partial charge is 0.366 e. The molecule has 1 heterocycles. The molecule has 2 unspecified atom stereocenters. The highest BCUT2D eigenvalue weighted by atomic mass is 16.6. The molecule has 0 aromatic carbocycles. The van der Waals surface area contributed by atoms with Gasteiger partial charge in [-0.25, -0.2) is 0 Å². The van der Waals surface area contributed by atoms with E-state index in [-0.39, 0.29) is 5.60 Å². The van der Waals surface area contributed by atoms with E-state index < -0.39 is 0 Å². The van der Waals surface area contributed by atoms with Crippen molar-refractivity contribution in [2.45, 2.75) is 51.7 Å². The van der Waals surface area contributed by atoms with Crippen molar-refractivity contribution in [1.29, 1.82) is 0 Å². The molecule has 1 aliphatic rings. The molecular formula is C8H16O. The highest BCUT2D eigenvalue weighted by Crippen LogP contribution is 2.41. The maximum Gasteiger partial charge on any atom is 0.0917 e. The fourth-order valence-electron chi connectivity index (χ4n) is 1.23. The molecule has 54 valence electrons. The molecule has 0 amide bonds. The molecular weight excluding hydrogens is 112 g/mol. The van der Waals surface area contributed by atoms with E-state index in [1.54, 1.807) is 0 Å². The Morgan fingerprint density at radius 3 is 2.44 bits per heavy atom. The number of ether oxygens (including phenoxy) is 1. The summed E-state index contributed by atoms with van der Waals surface area (Å²) in [6, 6.07) is 0. The topological polar surface area (TPSA) is 12.5 Å². The van der Waals surface area contributed by atoms with Gasteiger partial charge in [0.05, 0.1) is 11.7 Å². The molecule has 1 nitrogen and oxygen atoms in total. The minimum atomic E-state index is 0.260. The summed E-state index contributed by atoms with van der Waals surface area (Å²) in [4.78, 5) is 0. The number of rotatable bonds is 3. The maximum atomic E-state index is 5.49. The summed E-state index contributed by atoms with van der Waals surface area (Å²) in [5.41, 5.74) is 0.260. The van der Waals surface area contributed by atoms with Crippen LogP contribution in [0.1, 0.15) is 40.0 Å². The van der Waals surface area contributed by atoms with Gasteiger partial charge in [0.15, 0.2) is 0 Å². The van der Waals surface area contributed by atoms with Gasteiger partial charge in [-0.15, -0.1) is 0 Å². The van der Waals surface area contributed by atoms with Crippen LogP contribution in [-0.2, 0) is 4.74 Å². The lowest BCUT2D eigenvalue weighted by Crippen LogP contribution is -2.06. The van der Waals surface area contributed by atoms with Gasteiger partial charge >= 0.3 is 0 Å². The van der Waals surface area contributed by atoms with Crippen LogP contribution in [0.2, 0.25) is 0 Å². The zero-order valence-corrected chi connectivity index (χ0v) is 6.61. The highest BCUT2D eigenvalue weighted by Gasteiger charge is 2.49. The van der Waals surface area contributed by atoms with Gasteiger partial charge in [0.1, 0.15) is 0 Å². The van der Waals surface area contributed by atoms with Crippen molar-refractivity contribution >= 4 is 0 Å². The highest BCUT2D eigenvalue weighted by molar-refractivity contribution is 4.97. The summed E-state index contributed by atoms with van der Waals surface area (Å²) >= 11 is 0. The Morgan fingerprint density at radius 1 is 1.44 bits per heavy atom. The monoisotopic (exact) mass is 128 g/mol. The standard InChI is InChI=1S/C8H16O/c1-4-6-7-8(3,5-2)9-7/h7H,4-6H2,1-3H3. The molecule has 0 N–H and O–H groups in total. The normalized spacial score (nSPS) is 41.0. The third kappa shape index (κ3) is 1.26. The third-order valence-electron chi connectivity index (χ3n) is 2.29. The zero-order valence-electron chi connectivity index (χ0n) is 6.61. The molecule has 1 aliphatic heterocycles. The third-order valence-corrected chi connectivity index (χ3v) is 2.29. The second-order valence-corrected chi connectivity index (χ2v) is 3.06. The molecule has 1 fully saturated rings. The first-order valence-corrected chi connectivity index (χ1v) is 3.90. The van der Waals surface area contributed by atoms with Crippen molar-refractivity contribution in [1.82, 2.24) is 0 Å². The van der Waals surface area contributed by atoms with Gasteiger partial charge in [0, 0.05) is 0 Å². The van der Waals surface area contributed by atoms with E-state index in [9.17, 15) is 0 Å². The van der Waals surface area contributed by atoms with Crippen LogP contribution < -0.4 is 0 Å². The van der Waals surface area contributed by atoms with Gasteiger partial charge in [-0.2, -0.15) is 0 Å². The molecule has 2 atom stereocenters. The van der Waals surface area contributed by atoms with Crippen LogP contribution in [0.15, 0.2) is 0 Å². The first kappa shape index (κ1) is 7.07. The summed E-state index contributed by atoms with van der Waals surface area (Å²) in [7, 11) is 0. The number of hydrogen-bond donors (Lipinski definition) is 0. The first-order valence-electron chi connectivity index (χ1n) is 3.90. The van der Waals surface area contributed by atoms with E-state index in [0.717, 1.165) is 6.42 Å². The van der Waals surface area contributed by atoms with Gasteiger partial charge in [-0.05, 0) is 19.8 Å². The minimum absolute atomic E-state index is 0.260. The molecule has 1 saturated heterocycles. The molecule has 0 bridgehead atoms. The predicted molar refractivity (Wildman–Crippen MR) is 38.5 cm³/mol. The van der Waals surface area contributed by atoms with E-state index in [1.165, 1.54) is 12.8 Å². The number of hydrogen-bond acceptors (Lipinski definition) is 1. The molecule has 0 aromatic heterocycles. The van der Waals surface area contributed by atoms with E-state index in [0.29, 0.717) is 6.10 Å². The molecule has 9 heavy (non-hydrogen) atoms. The van der Waals surface area contributed by atoms with Crippen LogP contribution in [0.4, 0.5) is 0 Å². The van der Waals surface area contributed by atoms with Crippen molar-refractivity contribution in [3.05, 3.63) is 0 Å². The fourth-order valence-corrected chi connectivity index (χ4v) is 1.23. The van der Waals surface area contributed by atoms with Crippen LogP contribution >= 0.6 is 0 Å². The van der Waals surface area contributed by atoms with Crippen LogP contribution in [0.3, 0.4) is 0 Å². The van der Waals surface area contributed by atoms with Gasteiger partial charge in [0.25, 0.3) is 0 Å². The van der Waals surface area contributed by atoms with E-state index in [4.69, 9.17) is 4.74 Å². The van der Waals surface area contributed by atoms with E-state index >= 15 is 0 Å². The molecule has 1 heteroatoms. The van der Waals surface area contributed by atoms with Crippen molar-refractivity contribution in [2.75, 3.05) is 0 Å². The Labute approximate surface area is 57.4 Å². The summed E-state index contributed by atoms with van der Waals surface area (Å²) < 4.78 is 5.49. The Hall–Kier alpha value is -0.0400. The second-order valence-electron chi connectivity index (χ2n) is 3.06. The van der Waals surface area contributed by atoms with Crippen molar-refractivity contribution < 1.29 is 4.74 Å². The fraction of sp³-hybridized carbons (Fsp3) is 1.00. The van der Waals surface area contributed by atoms with Crippen molar-refractivity contribution in [3.63, 3.8) is 0 Å². The SMILES string of the molecule is CCCC1OC1(C)CC. The molecule has 1 rings (SSSR count). The van der Waals surface area contributed by atoms with Gasteiger partial charge < -0.3 is 4.74 Å². The lowest BCUT2D eigenvalue weighted by Gasteiger charge is -1.97. The molecule has 0 radical (unpaired) electrons. The van der Waals surface area contributed by atoms with Crippen molar-refractivity contribution in [3.8, 4) is 0 Å². The smallest absolute Gasteiger partial charge is 0.0917 e. The van der Waals surface area contributed by atoms with Crippen molar-refractivity contribution in [2.24, 2.45) is 0 Å². The van der Waals surface area contributed by atoms with E-state index in [2.05, 4.69) is 20.8 Å². The van der Waals surface area contributed by atoms with Gasteiger partial charge in [-0.1, -0.05) is 20.3 Å². The first-order chi connectivity index (χ1) is 4.23. The molecule has 0 aromatic rings. The Balaban J connectivity index is 2.22. The quantitative estimate of drug-likeness (QED) is 0.531. The van der Waals surface area contributed by atoms with Crippen LogP contribution in [0, 0.1) is 0 Å². The van der Waals surface area contributed by atoms with E-state index in [1.807, 2.05) is 0 Å². The molecule has 0 aliphatic carbocycles. The van der Waals surface area contributed by atoms with Crippen LogP contribution in [0.25, 0.3) is 0 Å². The summed E-state index contributed by atoms with van der Waals surface area (Å²) in [5.74, 6) is 0. The second kappa shape index (κ2) is 2.30. The molecule has 0 saturated carbocycles.